The molecule has 0 spiro atoms. The highest BCUT2D eigenvalue weighted by atomic mass is 32.2. The number of carbonyl (C=O) groups is 2. The van der Waals surface area contributed by atoms with E-state index in [0.29, 0.717) is 24.0 Å². The molecule has 0 aliphatic carbocycles. The average molecular weight is 390 g/mol. The van der Waals surface area contributed by atoms with Gasteiger partial charge in [0.2, 0.25) is 5.91 Å². The smallest absolute Gasteiger partial charge is 0.321 e. The summed E-state index contributed by atoms with van der Waals surface area (Å²) in [7, 11) is 0. The standard InChI is InChI=1S/C19H27N5O2S/c1-4-24-16(12-15-8-6-5-7-9-15)22-23-19(24)27-13-17(25)21-18(26)20-11-10-14(2)3/h5-9,14H,4,10-13H2,1-3H3,(H2,20,21,25,26). The lowest BCUT2D eigenvalue weighted by atomic mass is 10.1. The van der Waals surface area contributed by atoms with Crippen LogP contribution in [0.2, 0.25) is 0 Å². The maximum Gasteiger partial charge on any atom is 0.321 e. The van der Waals surface area contributed by atoms with E-state index in [9.17, 15) is 9.59 Å². The van der Waals surface area contributed by atoms with Crippen molar-refractivity contribution >= 4 is 23.7 Å². The first-order chi connectivity index (χ1) is 13.0. The Bertz CT molecular complexity index is 746. The number of urea groups is 1. The molecule has 146 valence electrons. The van der Waals surface area contributed by atoms with Crippen molar-refractivity contribution < 1.29 is 9.59 Å². The fourth-order valence-corrected chi connectivity index (χ4v) is 3.29. The van der Waals surface area contributed by atoms with Crippen LogP contribution in [0.1, 0.15) is 38.6 Å². The first-order valence-electron chi connectivity index (χ1n) is 9.16. The Morgan fingerprint density at radius 1 is 1.19 bits per heavy atom. The number of nitrogens with zero attached hydrogens (tertiary/aromatic N) is 3. The van der Waals surface area contributed by atoms with Crippen LogP contribution in [-0.4, -0.2) is 39.0 Å². The average Bonchev–Trinajstić information content (AvgIpc) is 3.02. The normalized spacial score (nSPS) is 10.8. The summed E-state index contributed by atoms with van der Waals surface area (Å²) in [5.41, 5.74) is 1.16. The second-order valence-electron chi connectivity index (χ2n) is 6.58. The molecule has 0 saturated heterocycles. The monoisotopic (exact) mass is 389 g/mol. The van der Waals surface area contributed by atoms with Gasteiger partial charge >= 0.3 is 6.03 Å². The number of carbonyl (C=O) groups excluding carboxylic acids is 2. The molecule has 2 N–H and O–H groups in total. The van der Waals surface area contributed by atoms with Crippen LogP contribution in [0.15, 0.2) is 35.5 Å². The Hall–Kier alpha value is -2.35. The Kier molecular flexibility index (Phi) is 8.32. The summed E-state index contributed by atoms with van der Waals surface area (Å²) in [6.07, 6.45) is 1.56. The van der Waals surface area contributed by atoms with E-state index >= 15 is 0 Å². The zero-order chi connectivity index (χ0) is 19.6. The number of benzene rings is 1. The van der Waals surface area contributed by atoms with Crippen molar-refractivity contribution in [2.75, 3.05) is 12.3 Å². The molecular formula is C19H27N5O2S. The molecule has 0 unspecified atom stereocenters. The molecule has 0 saturated carbocycles. The maximum atomic E-state index is 12.0. The predicted molar refractivity (Wildman–Crippen MR) is 107 cm³/mol. The zero-order valence-corrected chi connectivity index (χ0v) is 16.9. The predicted octanol–water partition coefficient (Wildman–Crippen LogP) is 2.85. The quantitative estimate of drug-likeness (QED) is 0.644. The summed E-state index contributed by atoms with van der Waals surface area (Å²) in [6, 6.07) is 9.61. The Labute approximate surface area is 164 Å². The van der Waals surface area contributed by atoms with Crippen LogP contribution in [0.25, 0.3) is 0 Å². The van der Waals surface area contributed by atoms with Gasteiger partial charge in [0.15, 0.2) is 5.16 Å². The maximum absolute atomic E-state index is 12.0. The van der Waals surface area contributed by atoms with Gasteiger partial charge < -0.3 is 9.88 Å². The molecule has 0 atom stereocenters. The number of imide groups is 1. The lowest BCUT2D eigenvalue weighted by molar-refractivity contribution is -0.117. The van der Waals surface area contributed by atoms with Crippen LogP contribution in [0.3, 0.4) is 0 Å². The fourth-order valence-electron chi connectivity index (χ4n) is 2.46. The third-order valence-corrected chi connectivity index (χ3v) is 4.87. The van der Waals surface area contributed by atoms with E-state index in [0.717, 1.165) is 24.4 Å². The van der Waals surface area contributed by atoms with E-state index in [4.69, 9.17) is 0 Å². The highest BCUT2D eigenvalue weighted by molar-refractivity contribution is 7.99. The van der Waals surface area contributed by atoms with Crippen LogP contribution in [0, 0.1) is 5.92 Å². The molecule has 1 aromatic heterocycles. The van der Waals surface area contributed by atoms with Gasteiger partial charge in [0.25, 0.3) is 0 Å². The molecule has 0 bridgehead atoms. The summed E-state index contributed by atoms with van der Waals surface area (Å²) >= 11 is 1.28. The molecule has 0 aliphatic heterocycles. The lowest BCUT2D eigenvalue weighted by Gasteiger charge is -2.09. The fraction of sp³-hybridized carbons (Fsp3) is 0.474. The van der Waals surface area contributed by atoms with Gasteiger partial charge in [-0.2, -0.15) is 0 Å². The van der Waals surface area contributed by atoms with Gasteiger partial charge in [-0.15, -0.1) is 10.2 Å². The second-order valence-corrected chi connectivity index (χ2v) is 7.52. The SMILES string of the molecule is CCn1c(Cc2ccccc2)nnc1SCC(=O)NC(=O)NCCC(C)C. The van der Waals surface area contributed by atoms with Crippen molar-refractivity contribution in [1.29, 1.82) is 0 Å². The molecule has 2 aromatic rings. The van der Waals surface area contributed by atoms with Gasteiger partial charge in [-0.05, 0) is 24.8 Å². The molecule has 1 aromatic carbocycles. The topological polar surface area (TPSA) is 88.9 Å². The van der Waals surface area contributed by atoms with Gasteiger partial charge in [0, 0.05) is 19.5 Å². The summed E-state index contributed by atoms with van der Waals surface area (Å²) in [4.78, 5) is 23.7. The Morgan fingerprint density at radius 2 is 1.93 bits per heavy atom. The van der Waals surface area contributed by atoms with Gasteiger partial charge in [-0.1, -0.05) is 55.9 Å². The van der Waals surface area contributed by atoms with Crippen molar-refractivity contribution in [3.63, 3.8) is 0 Å². The molecule has 3 amide bonds. The van der Waals surface area contributed by atoms with Crippen LogP contribution in [-0.2, 0) is 17.8 Å². The van der Waals surface area contributed by atoms with Crippen LogP contribution < -0.4 is 10.6 Å². The van der Waals surface area contributed by atoms with Crippen molar-refractivity contribution in [2.45, 2.75) is 45.3 Å². The van der Waals surface area contributed by atoms with E-state index in [1.807, 2.05) is 41.8 Å². The van der Waals surface area contributed by atoms with E-state index in [1.165, 1.54) is 11.8 Å². The van der Waals surface area contributed by atoms with Crippen molar-refractivity contribution in [3.05, 3.63) is 41.7 Å². The number of nitrogens with one attached hydrogen (secondary N) is 2. The lowest BCUT2D eigenvalue weighted by Crippen LogP contribution is -2.40. The minimum absolute atomic E-state index is 0.112. The molecule has 2 rings (SSSR count). The third kappa shape index (κ3) is 7.05. The molecule has 1 heterocycles. The summed E-state index contributed by atoms with van der Waals surface area (Å²) < 4.78 is 1.99. The summed E-state index contributed by atoms with van der Waals surface area (Å²) in [5.74, 6) is 1.12. The Morgan fingerprint density at radius 3 is 2.59 bits per heavy atom. The van der Waals surface area contributed by atoms with E-state index in [-0.39, 0.29) is 11.7 Å². The van der Waals surface area contributed by atoms with Crippen LogP contribution >= 0.6 is 11.8 Å². The molecule has 8 heteroatoms. The van der Waals surface area contributed by atoms with Gasteiger partial charge in [-0.3, -0.25) is 10.1 Å². The van der Waals surface area contributed by atoms with Crippen LogP contribution in [0.5, 0.6) is 0 Å². The molecule has 27 heavy (non-hydrogen) atoms. The summed E-state index contributed by atoms with van der Waals surface area (Å²) in [5, 5.41) is 14.2. The highest BCUT2D eigenvalue weighted by Gasteiger charge is 2.14. The van der Waals surface area contributed by atoms with Gasteiger partial charge in [0.05, 0.1) is 5.75 Å². The van der Waals surface area contributed by atoms with E-state index in [1.54, 1.807) is 0 Å². The largest absolute Gasteiger partial charge is 0.338 e. The minimum Gasteiger partial charge on any atom is -0.338 e. The van der Waals surface area contributed by atoms with Crippen molar-refractivity contribution in [2.24, 2.45) is 5.92 Å². The Balaban J connectivity index is 1.84. The van der Waals surface area contributed by atoms with Crippen molar-refractivity contribution in [1.82, 2.24) is 25.4 Å². The number of aromatic nitrogens is 3. The first-order valence-corrected chi connectivity index (χ1v) is 10.1. The number of hydrogen-bond donors (Lipinski definition) is 2. The van der Waals surface area contributed by atoms with Gasteiger partial charge in [0.1, 0.15) is 5.82 Å². The number of hydrogen-bond acceptors (Lipinski definition) is 5. The molecule has 0 radical (unpaired) electrons. The molecule has 7 nitrogen and oxygen atoms in total. The summed E-state index contributed by atoms with van der Waals surface area (Å²) in [6.45, 7) is 7.45. The first kappa shape index (κ1) is 21.0. The number of rotatable bonds is 9. The van der Waals surface area contributed by atoms with E-state index < -0.39 is 6.03 Å². The second kappa shape index (κ2) is 10.7. The zero-order valence-electron chi connectivity index (χ0n) is 16.1. The number of amides is 3. The molecular weight excluding hydrogens is 362 g/mol. The third-order valence-electron chi connectivity index (χ3n) is 3.91. The van der Waals surface area contributed by atoms with E-state index in [2.05, 4.69) is 34.7 Å². The van der Waals surface area contributed by atoms with Crippen molar-refractivity contribution in [3.8, 4) is 0 Å². The van der Waals surface area contributed by atoms with Crippen LogP contribution in [0.4, 0.5) is 4.79 Å². The van der Waals surface area contributed by atoms with Gasteiger partial charge in [-0.25, -0.2) is 4.79 Å². The number of thioether (sulfide) groups is 1. The minimum atomic E-state index is -0.456. The molecule has 0 fully saturated rings. The molecule has 0 aliphatic rings. The highest BCUT2D eigenvalue weighted by Crippen LogP contribution is 2.18.